The van der Waals surface area contributed by atoms with Crippen LogP contribution in [0.5, 0.6) is 0 Å². The van der Waals surface area contributed by atoms with E-state index >= 15 is 0 Å². The molecule has 2 unspecified atom stereocenters. The minimum absolute atomic E-state index is 0.00861. The summed E-state index contributed by atoms with van der Waals surface area (Å²) in [6.07, 6.45) is -4.17. The first-order valence-corrected chi connectivity index (χ1v) is 13.4. The minimum atomic E-state index is -4.53. The van der Waals surface area contributed by atoms with Crippen molar-refractivity contribution in [1.82, 2.24) is 5.01 Å². The molecule has 40 heavy (non-hydrogen) atoms. The molecule has 2 aliphatic rings. The van der Waals surface area contributed by atoms with Gasteiger partial charge in [-0.25, -0.2) is 5.01 Å². The number of amides is 2. The summed E-state index contributed by atoms with van der Waals surface area (Å²) in [6, 6.07) is 22.0. The van der Waals surface area contributed by atoms with Crippen LogP contribution in [0.4, 0.5) is 24.5 Å². The van der Waals surface area contributed by atoms with E-state index in [1.807, 2.05) is 73.6 Å². The molecular weight excluding hydrogens is 539 g/mol. The molecular formula is C29H26F3N5O2S. The van der Waals surface area contributed by atoms with Gasteiger partial charge in [0, 0.05) is 38.3 Å². The summed E-state index contributed by atoms with van der Waals surface area (Å²) in [5, 5.41) is 8.60. The molecule has 2 aliphatic heterocycles. The smallest absolute Gasteiger partial charge is 0.378 e. The van der Waals surface area contributed by atoms with Crippen LogP contribution >= 0.6 is 11.8 Å². The Morgan fingerprint density at radius 2 is 1.77 bits per heavy atom. The maximum absolute atomic E-state index is 13.0. The molecule has 206 valence electrons. The number of hydrogen-bond donors (Lipinski definition) is 1. The summed E-state index contributed by atoms with van der Waals surface area (Å²) in [6.45, 7) is 0. The van der Waals surface area contributed by atoms with E-state index in [2.05, 4.69) is 10.3 Å². The summed E-state index contributed by atoms with van der Waals surface area (Å²) in [4.78, 5) is 31.7. The van der Waals surface area contributed by atoms with E-state index in [0.29, 0.717) is 11.6 Å². The Morgan fingerprint density at radius 3 is 2.45 bits per heavy atom. The Morgan fingerprint density at radius 1 is 1.05 bits per heavy atom. The maximum Gasteiger partial charge on any atom is 0.416 e. The number of hydrogen-bond acceptors (Lipinski definition) is 6. The second-order valence-electron chi connectivity index (χ2n) is 9.63. The van der Waals surface area contributed by atoms with E-state index in [9.17, 15) is 22.8 Å². The van der Waals surface area contributed by atoms with Gasteiger partial charge in [-0.3, -0.25) is 9.59 Å². The van der Waals surface area contributed by atoms with Crippen LogP contribution in [-0.4, -0.2) is 47.0 Å². The third-order valence-electron chi connectivity index (χ3n) is 6.58. The first kappa shape index (κ1) is 27.4. The zero-order chi connectivity index (χ0) is 28.4. The molecule has 0 saturated heterocycles. The van der Waals surface area contributed by atoms with Gasteiger partial charge in [0.1, 0.15) is 5.25 Å². The predicted molar refractivity (Wildman–Crippen MR) is 151 cm³/mol. The molecule has 5 rings (SSSR count). The number of rotatable bonds is 6. The van der Waals surface area contributed by atoms with Gasteiger partial charge < -0.3 is 10.2 Å². The Labute approximate surface area is 233 Å². The average Bonchev–Trinajstić information content (AvgIpc) is 3.53. The topological polar surface area (TPSA) is 77.4 Å². The number of hydrazone groups is 1. The average molecular weight is 566 g/mol. The van der Waals surface area contributed by atoms with E-state index in [1.54, 1.807) is 5.01 Å². The van der Waals surface area contributed by atoms with Crippen molar-refractivity contribution in [3.8, 4) is 0 Å². The van der Waals surface area contributed by atoms with Crippen LogP contribution in [-0.2, 0) is 15.8 Å². The fourth-order valence-corrected chi connectivity index (χ4v) is 5.57. The van der Waals surface area contributed by atoms with Crippen molar-refractivity contribution in [1.29, 1.82) is 0 Å². The number of thioether (sulfide) groups is 1. The normalized spacial score (nSPS) is 18.9. The van der Waals surface area contributed by atoms with Crippen molar-refractivity contribution in [2.24, 2.45) is 10.1 Å². The molecule has 2 amide bonds. The number of nitrogens with zero attached hydrogens (tertiary/aromatic N) is 4. The highest BCUT2D eigenvalue weighted by Gasteiger charge is 2.39. The van der Waals surface area contributed by atoms with E-state index in [0.717, 1.165) is 46.4 Å². The molecule has 2 atom stereocenters. The maximum atomic E-state index is 13.0. The van der Waals surface area contributed by atoms with Gasteiger partial charge in [-0.15, -0.1) is 0 Å². The molecule has 0 aliphatic carbocycles. The van der Waals surface area contributed by atoms with Gasteiger partial charge in [0.25, 0.3) is 5.91 Å². The zero-order valence-corrected chi connectivity index (χ0v) is 22.5. The second kappa shape index (κ2) is 11.2. The molecule has 0 aromatic heterocycles. The van der Waals surface area contributed by atoms with Crippen molar-refractivity contribution in [3.05, 3.63) is 95.6 Å². The number of carbonyl (C=O) groups is 2. The minimum Gasteiger partial charge on any atom is -0.378 e. The van der Waals surface area contributed by atoms with Gasteiger partial charge in [0.15, 0.2) is 5.17 Å². The second-order valence-corrected chi connectivity index (χ2v) is 10.8. The van der Waals surface area contributed by atoms with Crippen LogP contribution < -0.4 is 10.2 Å². The Balaban J connectivity index is 1.33. The number of halogens is 3. The molecule has 0 fully saturated rings. The number of nitrogens with one attached hydrogen (secondary N) is 1. The van der Waals surface area contributed by atoms with Gasteiger partial charge in [0.2, 0.25) is 5.91 Å². The highest BCUT2D eigenvalue weighted by atomic mass is 32.2. The largest absolute Gasteiger partial charge is 0.416 e. The van der Waals surface area contributed by atoms with Crippen LogP contribution in [0.2, 0.25) is 0 Å². The fourth-order valence-electron chi connectivity index (χ4n) is 4.50. The molecule has 0 saturated carbocycles. The highest BCUT2D eigenvalue weighted by Crippen LogP contribution is 2.39. The first-order chi connectivity index (χ1) is 19.1. The van der Waals surface area contributed by atoms with Gasteiger partial charge in [-0.1, -0.05) is 60.3 Å². The molecule has 2 heterocycles. The zero-order valence-electron chi connectivity index (χ0n) is 21.7. The predicted octanol–water partition coefficient (Wildman–Crippen LogP) is 5.95. The van der Waals surface area contributed by atoms with E-state index in [-0.39, 0.29) is 18.2 Å². The molecule has 0 bridgehead atoms. The van der Waals surface area contributed by atoms with Crippen LogP contribution in [0.15, 0.2) is 89.0 Å². The SMILES string of the molecule is CN(C)c1ccc(C2CC(c3ccccc3)=NN2C2=NC(=O)C(CC(=O)Nc3cccc(C(F)(F)F)c3)S2)cc1. The standard InChI is InChI=1S/C29H26F3N5O2S/c1-36(2)22-13-11-19(12-14-22)24-16-23(18-7-4-3-5-8-18)35-37(24)28-34-27(39)25(40-28)17-26(38)33-21-10-6-9-20(15-21)29(30,31)32/h3-15,24-25H,16-17H2,1-2H3,(H,33,38). The van der Waals surface area contributed by atoms with Gasteiger partial charge in [0.05, 0.1) is 17.3 Å². The van der Waals surface area contributed by atoms with Crippen LogP contribution in [0.1, 0.15) is 35.6 Å². The number of carbonyl (C=O) groups excluding carboxylic acids is 2. The molecule has 3 aromatic rings. The van der Waals surface area contributed by atoms with Gasteiger partial charge >= 0.3 is 6.18 Å². The number of benzene rings is 3. The number of amidine groups is 1. The molecule has 11 heteroatoms. The van der Waals surface area contributed by atoms with Gasteiger partial charge in [-0.2, -0.15) is 23.3 Å². The Kier molecular flexibility index (Phi) is 7.66. The van der Waals surface area contributed by atoms with Gasteiger partial charge in [-0.05, 0) is 41.5 Å². The number of alkyl halides is 3. The molecule has 7 nitrogen and oxygen atoms in total. The summed E-state index contributed by atoms with van der Waals surface area (Å²) >= 11 is 1.14. The number of anilines is 2. The van der Waals surface area contributed by atoms with Crippen molar-refractivity contribution < 1.29 is 22.8 Å². The van der Waals surface area contributed by atoms with Crippen molar-refractivity contribution in [2.45, 2.75) is 30.3 Å². The van der Waals surface area contributed by atoms with E-state index < -0.39 is 28.8 Å². The monoisotopic (exact) mass is 565 g/mol. The lowest BCUT2D eigenvalue weighted by Gasteiger charge is -2.24. The Hall–Kier alpha value is -4.12. The lowest BCUT2D eigenvalue weighted by atomic mass is 9.98. The van der Waals surface area contributed by atoms with Crippen molar-refractivity contribution in [3.63, 3.8) is 0 Å². The first-order valence-electron chi connectivity index (χ1n) is 12.5. The molecule has 3 aromatic carbocycles. The van der Waals surface area contributed by atoms with E-state index in [4.69, 9.17) is 5.10 Å². The third kappa shape index (κ3) is 6.04. The Bertz CT molecular complexity index is 1470. The fraction of sp³-hybridized carbons (Fsp3) is 0.241. The molecule has 0 spiro atoms. The number of aliphatic imine (C=N–C) groups is 1. The van der Waals surface area contributed by atoms with Crippen LogP contribution in [0, 0.1) is 0 Å². The lowest BCUT2D eigenvalue weighted by molar-refractivity contribution is -0.137. The molecule has 1 N–H and O–H groups in total. The van der Waals surface area contributed by atoms with Crippen LogP contribution in [0.25, 0.3) is 0 Å². The quantitative estimate of drug-likeness (QED) is 0.400. The van der Waals surface area contributed by atoms with Crippen molar-refractivity contribution in [2.75, 3.05) is 24.3 Å². The molecule has 0 radical (unpaired) electrons. The summed E-state index contributed by atoms with van der Waals surface area (Å²) in [7, 11) is 3.93. The highest BCUT2D eigenvalue weighted by molar-refractivity contribution is 8.15. The van der Waals surface area contributed by atoms with Crippen molar-refractivity contribution >= 4 is 45.8 Å². The summed E-state index contributed by atoms with van der Waals surface area (Å²) in [5.41, 5.74) is 3.01. The van der Waals surface area contributed by atoms with Crippen LogP contribution in [0.3, 0.4) is 0 Å². The summed E-state index contributed by atoms with van der Waals surface area (Å²) < 4.78 is 39.1. The van der Waals surface area contributed by atoms with E-state index in [1.165, 1.54) is 12.1 Å². The lowest BCUT2D eigenvalue weighted by Crippen LogP contribution is -2.25. The third-order valence-corrected chi connectivity index (χ3v) is 7.72. The summed E-state index contributed by atoms with van der Waals surface area (Å²) in [5.74, 6) is -1.06.